The van der Waals surface area contributed by atoms with Gasteiger partial charge in [0.05, 0.1) is 20.3 Å². The molecule has 27 heavy (non-hydrogen) atoms. The molecule has 0 saturated carbocycles. The minimum absolute atomic E-state index is 0.224. The second-order valence-corrected chi connectivity index (χ2v) is 7.03. The first-order valence-corrected chi connectivity index (χ1v) is 9.46. The van der Waals surface area contributed by atoms with Crippen LogP contribution >= 0.6 is 15.9 Å². The van der Waals surface area contributed by atoms with E-state index in [9.17, 15) is 9.59 Å². The fourth-order valence-corrected chi connectivity index (χ4v) is 3.32. The number of halogens is 1. The number of carbonyl (C=O) groups is 2. The summed E-state index contributed by atoms with van der Waals surface area (Å²) in [6.07, 6.45) is 0. The van der Waals surface area contributed by atoms with Crippen LogP contribution in [0.2, 0.25) is 0 Å². The number of nitrogens with zero attached hydrogens (tertiary/aromatic N) is 2. The quantitative estimate of drug-likeness (QED) is 0.650. The van der Waals surface area contributed by atoms with Crippen LogP contribution in [0.3, 0.4) is 0 Å². The number of anilines is 1. The van der Waals surface area contributed by atoms with Crippen molar-refractivity contribution < 1.29 is 19.1 Å². The Morgan fingerprint density at radius 2 is 1.96 bits per heavy atom. The molecule has 1 unspecified atom stereocenters. The molecule has 1 heterocycles. The molecule has 2 aromatic carbocycles. The molecular formula is C20H21BrN2O4. The molecular weight excluding hydrogens is 412 g/mol. The zero-order chi connectivity index (χ0) is 19.4. The summed E-state index contributed by atoms with van der Waals surface area (Å²) >= 11 is 3.39. The van der Waals surface area contributed by atoms with Gasteiger partial charge in [-0.15, -0.1) is 0 Å². The van der Waals surface area contributed by atoms with Crippen molar-refractivity contribution in [2.45, 2.75) is 19.5 Å². The molecule has 2 aromatic rings. The lowest BCUT2D eigenvalue weighted by atomic mass is 10.2. The fraction of sp³-hybridized carbons (Fsp3) is 0.300. The number of esters is 1. The summed E-state index contributed by atoms with van der Waals surface area (Å²) in [4.78, 5) is 28.7. The van der Waals surface area contributed by atoms with Crippen molar-refractivity contribution in [1.82, 2.24) is 4.90 Å². The average Bonchev–Trinajstić information content (AvgIpc) is 2.99. The summed E-state index contributed by atoms with van der Waals surface area (Å²) in [5.41, 5.74) is 1.63. The van der Waals surface area contributed by atoms with Gasteiger partial charge < -0.3 is 14.4 Å². The van der Waals surface area contributed by atoms with Crippen LogP contribution in [0, 0.1) is 0 Å². The first-order chi connectivity index (χ1) is 13.0. The summed E-state index contributed by atoms with van der Waals surface area (Å²) in [6, 6.07) is 14.0. The van der Waals surface area contributed by atoms with Gasteiger partial charge in [0.25, 0.3) is 0 Å². The molecule has 1 atom stereocenters. The van der Waals surface area contributed by atoms with Crippen molar-refractivity contribution in [3.63, 3.8) is 0 Å². The summed E-state index contributed by atoms with van der Waals surface area (Å²) in [5, 5.41) is 0. The Bertz CT molecular complexity index is 825. The molecule has 7 heteroatoms. The van der Waals surface area contributed by atoms with Gasteiger partial charge >= 0.3 is 12.0 Å². The predicted octanol–water partition coefficient (Wildman–Crippen LogP) is 3.83. The molecule has 6 nitrogen and oxygen atoms in total. The zero-order valence-electron chi connectivity index (χ0n) is 15.2. The molecule has 1 aliphatic rings. The van der Waals surface area contributed by atoms with Crippen LogP contribution in [-0.4, -0.2) is 43.2 Å². The van der Waals surface area contributed by atoms with Gasteiger partial charge in [-0.2, -0.15) is 0 Å². The highest BCUT2D eigenvalue weighted by Gasteiger charge is 2.42. The second-order valence-electron chi connectivity index (χ2n) is 6.12. The van der Waals surface area contributed by atoms with E-state index in [4.69, 9.17) is 9.47 Å². The molecule has 142 valence electrons. The predicted molar refractivity (Wildman–Crippen MR) is 106 cm³/mol. The Balaban J connectivity index is 1.88. The summed E-state index contributed by atoms with van der Waals surface area (Å²) < 4.78 is 11.4. The molecule has 2 amide bonds. The Morgan fingerprint density at radius 3 is 2.63 bits per heavy atom. The highest BCUT2D eigenvalue weighted by Crippen LogP contribution is 2.28. The number of benzene rings is 2. The van der Waals surface area contributed by atoms with E-state index in [0.717, 1.165) is 15.7 Å². The van der Waals surface area contributed by atoms with Crippen molar-refractivity contribution >= 4 is 33.6 Å². The Hall–Kier alpha value is -2.54. The molecule has 1 aliphatic heterocycles. The van der Waals surface area contributed by atoms with Crippen LogP contribution in [0.25, 0.3) is 0 Å². The number of amides is 2. The normalized spacial score (nSPS) is 16.6. The fourth-order valence-electron chi connectivity index (χ4n) is 3.06. The lowest BCUT2D eigenvalue weighted by Crippen LogP contribution is -2.40. The third-order valence-electron chi connectivity index (χ3n) is 4.39. The van der Waals surface area contributed by atoms with Crippen LogP contribution < -0.4 is 9.64 Å². The molecule has 0 aliphatic carbocycles. The first kappa shape index (κ1) is 19.2. The van der Waals surface area contributed by atoms with Gasteiger partial charge in [0, 0.05) is 16.7 Å². The minimum atomic E-state index is -0.660. The van der Waals surface area contributed by atoms with Crippen molar-refractivity contribution in [3.8, 4) is 5.75 Å². The van der Waals surface area contributed by atoms with Gasteiger partial charge in [0.1, 0.15) is 11.8 Å². The van der Waals surface area contributed by atoms with E-state index in [1.54, 1.807) is 23.8 Å². The van der Waals surface area contributed by atoms with Gasteiger partial charge in [0.2, 0.25) is 0 Å². The van der Waals surface area contributed by atoms with Crippen molar-refractivity contribution in [2.75, 3.05) is 25.2 Å². The second kappa shape index (κ2) is 8.43. The summed E-state index contributed by atoms with van der Waals surface area (Å²) in [7, 11) is 1.59. The zero-order valence-corrected chi connectivity index (χ0v) is 16.8. The smallest absolute Gasteiger partial charge is 0.330 e. The van der Waals surface area contributed by atoms with Gasteiger partial charge in [0.15, 0.2) is 0 Å². The first-order valence-electron chi connectivity index (χ1n) is 8.66. The van der Waals surface area contributed by atoms with E-state index >= 15 is 0 Å². The van der Waals surface area contributed by atoms with Crippen LogP contribution in [0.5, 0.6) is 5.75 Å². The molecule has 1 fully saturated rings. The molecule has 0 radical (unpaired) electrons. The van der Waals surface area contributed by atoms with Crippen LogP contribution in [0.1, 0.15) is 12.5 Å². The third-order valence-corrected chi connectivity index (χ3v) is 4.92. The van der Waals surface area contributed by atoms with Crippen LogP contribution in [0.4, 0.5) is 10.5 Å². The standard InChI is InChI=1S/C20H21BrN2O4/c1-3-27-19(24)18-13-22(16-9-7-15(21)8-10-16)20(25)23(18)12-14-5-4-6-17(11-14)26-2/h4-11,18H,3,12-13H2,1-2H3. The average molecular weight is 433 g/mol. The number of rotatable bonds is 6. The maximum atomic E-state index is 13.1. The lowest BCUT2D eigenvalue weighted by Gasteiger charge is -2.22. The van der Waals surface area contributed by atoms with Gasteiger partial charge in [-0.05, 0) is 48.9 Å². The number of carbonyl (C=O) groups excluding carboxylic acids is 2. The summed E-state index contributed by atoms with van der Waals surface area (Å²) in [6.45, 7) is 2.58. The number of ether oxygens (including phenoxy) is 2. The monoisotopic (exact) mass is 432 g/mol. The lowest BCUT2D eigenvalue weighted by molar-refractivity contribution is -0.147. The topological polar surface area (TPSA) is 59.1 Å². The third kappa shape index (κ3) is 4.24. The van der Waals surface area contributed by atoms with Crippen LogP contribution in [0.15, 0.2) is 53.0 Å². The van der Waals surface area contributed by atoms with Crippen molar-refractivity contribution in [3.05, 3.63) is 58.6 Å². The maximum absolute atomic E-state index is 13.1. The number of hydrogen-bond acceptors (Lipinski definition) is 4. The molecule has 0 bridgehead atoms. The number of urea groups is 1. The van der Waals surface area contributed by atoms with Gasteiger partial charge in [-0.3, -0.25) is 4.90 Å². The summed E-state index contributed by atoms with van der Waals surface area (Å²) in [5.74, 6) is 0.310. The number of methoxy groups -OCH3 is 1. The van der Waals surface area contributed by atoms with E-state index < -0.39 is 12.0 Å². The highest BCUT2D eigenvalue weighted by atomic mass is 79.9. The molecule has 0 aromatic heterocycles. The highest BCUT2D eigenvalue weighted by molar-refractivity contribution is 9.10. The Kier molecular flexibility index (Phi) is 6.01. The van der Waals surface area contributed by atoms with Crippen molar-refractivity contribution in [2.24, 2.45) is 0 Å². The molecule has 0 spiro atoms. The Morgan fingerprint density at radius 1 is 1.22 bits per heavy atom. The molecule has 0 N–H and O–H groups in total. The van der Waals surface area contributed by atoms with Gasteiger partial charge in [-0.1, -0.05) is 28.1 Å². The molecule has 3 rings (SSSR count). The van der Waals surface area contributed by atoms with E-state index in [0.29, 0.717) is 12.3 Å². The van der Waals surface area contributed by atoms with E-state index in [1.165, 1.54) is 0 Å². The maximum Gasteiger partial charge on any atom is 0.330 e. The minimum Gasteiger partial charge on any atom is -0.497 e. The largest absolute Gasteiger partial charge is 0.497 e. The Labute approximate surface area is 166 Å². The van der Waals surface area contributed by atoms with E-state index in [2.05, 4.69) is 15.9 Å². The van der Waals surface area contributed by atoms with Crippen molar-refractivity contribution in [1.29, 1.82) is 0 Å². The van der Waals surface area contributed by atoms with E-state index in [-0.39, 0.29) is 19.2 Å². The SMILES string of the molecule is CCOC(=O)C1CN(c2ccc(Br)cc2)C(=O)N1Cc1cccc(OC)c1. The van der Waals surface area contributed by atoms with Crippen LogP contribution in [-0.2, 0) is 16.1 Å². The number of hydrogen-bond donors (Lipinski definition) is 0. The van der Waals surface area contributed by atoms with E-state index in [1.807, 2.05) is 48.5 Å². The molecule has 1 saturated heterocycles. The van der Waals surface area contributed by atoms with Gasteiger partial charge in [-0.25, -0.2) is 9.59 Å².